The highest BCUT2D eigenvalue weighted by molar-refractivity contribution is 5.90. The van der Waals surface area contributed by atoms with Crippen LogP contribution in [0.15, 0.2) is 18.2 Å². The smallest absolute Gasteiger partial charge is 0.224 e. The van der Waals surface area contributed by atoms with Gasteiger partial charge in [-0.3, -0.25) is 4.79 Å². The van der Waals surface area contributed by atoms with E-state index in [1.165, 1.54) is 0 Å². The molecule has 0 saturated heterocycles. The summed E-state index contributed by atoms with van der Waals surface area (Å²) in [5.74, 6) is 0.146. The lowest BCUT2D eigenvalue weighted by Crippen LogP contribution is -2.34. The lowest BCUT2D eigenvalue weighted by molar-refractivity contribution is -0.116. The first-order chi connectivity index (χ1) is 10.0. The first kappa shape index (κ1) is 17.5. The first-order valence-corrected chi connectivity index (χ1v) is 7.51. The average Bonchev–Trinajstić information content (AvgIpc) is 2.46. The Hall–Kier alpha value is -1.59. The van der Waals surface area contributed by atoms with Crippen LogP contribution in [0, 0.1) is 0 Å². The Labute approximate surface area is 126 Å². The quantitative estimate of drug-likeness (QED) is 0.555. The van der Waals surface area contributed by atoms with E-state index in [1.54, 1.807) is 18.2 Å². The molecular formula is C16H26N2O3. The minimum Gasteiger partial charge on any atom is -0.508 e. The average molecular weight is 294 g/mol. The molecule has 21 heavy (non-hydrogen) atoms. The molecule has 0 fully saturated rings. The normalized spacial score (nSPS) is 13.7. The number of anilines is 1. The maximum absolute atomic E-state index is 11.6. The Morgan fingerprint density at radius 1 is 1.33 bits per heavy atom. The van der Waals surface area contributed by atoms with Gasteiger partial charge in [-0.15, -0.1) is 0 Å². The second-order valence-electron chi connectivity index (χ2n) is 5.25. The Morgan fingerprint density at radius 3 is 2.62 bits per heavy atom. The largest absolute Gasteiger partial charge is 0.508 e. The van der Waals surface area contributed by atoms with Gasteiger partial charge in [0.25, 0.3) is 0 Å². The van der Waals surface area contributed by atoms with Crippen LogP contribution >= 0.6 is 0 Å². The van der Waals surface area contributed by atoms with Crippen molar-refractivity contribution in [2.75, 3.05) is 11.9 Å². The summed E-state index contributed by atoms with van der Waals surface area (Å²) in [4.78, 5) is 11.6. The molecule has 4 N–H and O–H groups in total. The van der Waals surface area contributed by atoms with E-state index in [4.69, 9.17) is 0 Å². The molecule has 1 rings (SSSR count). The van der Waals surface area contributed by atoms with Crippen LogP contribution in [0.3, 0.4) is 0 Å². The van der Waals surface area contributed by atoms with Gasteiger partial charge in [0.1, 0.15) is 5.75 Å². The lowest BCUT2D eigenvalue weighted by atomic mass is 10.0. The Bertz CT molecular complexity index is 459. The summed E-state index contributed by atoms with van der Waals surface area (Å²) in [5, 5.41) is 25.3. The standard InChI is InChI=1S/C16H26N2O3/c1-4-6-16(21)18-13-7-8-15(20)14(9-13)11(3)17-12(5-2)10-19/h7-9,11-12,17,19-20H,4-6,10H2,1-3H3,(H,18,21)/t11?,12-/m0/s1. The third-order valence-electron chi connectivity index (χ3n) is 3.45. The molecule has 5 nitrogen and oxygen atoms in total. The van der Waals surface area contributed by atoms with Gasteiger partial charge in [-0.1, -0.05) is 13.8 Å². The van der Waals surface area contributed by atoms with E-state index in [9.17, 15) is 15.0 Å². The van der Waals surface area contributed by atoms with E-state index in [1.807, 2.05) is 20.8 Å². The monoisotopic (exact) mass is 294 g/mol. The summed E-state index contributed by atoms with van der Waals surface area (Å²) in [5.41, 5.74) is 1.38. The molecular weight excluding hydrogens is 268 g/mol. The number of aromatic hydroxyl groups is 1. The molecule has 0 aliphatic heterocycles. The molecule has 0 radical (unpaired) electrons. The highest BCUT2D eigenvalue weighted by Crippen LogP contribution is 2.27. The SMILES string of the molecule is CCCC(=O)Nc1ccc(O)c(C(C)N[C@@H](CC)CO)c1. The zero-order valence-corrected chi connectivity index (χ0v) is 13.0. The van der Waals surface area contributed by atoms with Crippen LogP contribution < -0.4 is 10.6 Å². The molecule has 0 spiro atoms. The van der Waals surface area contributed by atoms with Gasteiger partial charge in [0.2, 0.25) is 5.91 Å². The van der Waals surface area contributed by atoms with Gasteiger partial charge in [-0.25, -0.2) is 0 Å². The number of phenolic OH excluding ortho intramolecular Hbond substituents is 1. The van der Waals surface area contributed by atoms with E-state index < -0.39 is 0 Å². The zero-order valence-electron chi connectivity index (χ0n) is 13.0. The summed E-state index contributed by atoms with van der Waals surface area (Å²) in [7, 11) is 0. The first-order valence-electron chi connectivity index (χ1n) is 7.51. The lowest BCUT2D eigenvalue weighted by Gasteiger charge is -2.22. The third-order valence-corrected chi connectivity index (χ3v) is 3.45. The minimum atomic E-state index is -0.120. The molecule has 0 bridgehead atoms. The molecule has 0 aromatic heterocycles. The summed E-state index contributed by atoms with van der Waals surface area (Å²) in [6.45, 7) is 5.91. The fourth-order valence-electron chi connectivity index (χ4n) is 2.17. The number of hydrogen-bond donors (Lipinski definition) is 4. The fourth-order valence-corrected chi connectivity index (χ4v) is 2.17. The van der Waals surface area contributed by atoms with Crippen molar-refractivity contribution in [3.05, 3.63) is 23.8 Å². The van der Waals surface area contributed by atoms with E-state index in [0.717, 1.165) is 12.8 Å². The minimum absolute atomic E-state index is 0.0160. The maximum atomic E-state index is 11.6. The summed E-state index contributed by atoms with van der Waals surface area (Å²) >= 11 is 0. The number of amides is 1. The van der Waals surface area contributed by atoms with Crippen LogP contribution in [0.25, 0.3) is 0 Å². The van der Waals surface area contributed by atoms with E-state index in [-0.39, 0.29) is 30.3 Å². The second-order valence-corrected chi connectivity index (χ2v) is 5.25. The summed E-state index contributed by atoms with van der Waals surface area (Å²) < 4.78 is 0. The van der Waals surface area contributed by atoms with Crippen LogP contribution in [-0.2, 0) is 4.79 Å². The van der Waals surface area contributed by atoms with Crippen LogP contribution in [0.2, 0.25) is 0 Å². The van der Waals surface area contributed by atoms with Gasteiger partial charge in [-0.05, 0) is 38.0 Å². The van der Waals surface area contributed by atoms with Crippen molar-refractivity contribution in [1.29, 1.82) is 0 Å². The predicted molar refractivity (Wildman–Crippen MR) is 84.4 cm³/mol. The molecule has 118 valence electrons. The van der Waals surface area contributed by atoms with Gasteiger partial charge in [0.05, 0.1) is 6.61 Å². The fraction of sp³-hybridized carbons (Fsp3) is 0.562. The number of carbonyl (C=O) groups excluding carboxylic acids is 1. The summed E-state index contributed by atoms with van der Waals surface area (Å²) in [6.07, 6.45) is 2.07. The predicted octanol–water partition coefficient (Wildman–Crippen LogP) is 2.55. The number of carbonyl (C=O) groups is 1. The molecule has 1 aromatic carbocycles. The van der Waals surface area contributed by atoms with Crippen molar-refractivity contribution in [2.24, 2.45) is 0 Å². The van der Waals surface area contributed by atoms with Crippen LogP contribution in [0.1, 0.15) is 51.6 Å². The second kappa shape index (κ2) is 8.64. The molecule has 0 saturated carbocycles. The molecule has 5 heteroatoms. The summed E-state index contributed by atoms with van der Waals surface area (Å²) in [6, 6.07) is 4.89. The van der Waals surface area contributed by atoms with Crippen molar-refractivity contribution in [3.63, 3.8) is 0 Å². The molecule has 1 aromatic rings. The zero-order chi connectivity index (χ0) is 15.8. The number of aliphatic hydroxyl groups is 1. The van der Waals surface area contributed by atoms with Crippen molar-refractivity contribution >= 4 is 11.6 Å². The topological polar surface area (TPSA) is 81.6 Å². The highest BCUT2D eigenvalue weighted by Gasteiger charge is 2.15. The highest BCUT2D eigenvalue weighted by atomic mass is 16.3. The van der Waals surface area contributed by atoms with Gasteiger partial charge in [0.15, 0.2) is 0 Å². The van der Waals surface area contributed by atoms with E-state index in [2.05, 4.69) is 10.6 Å². The Kier molecular flexibility index (Phi) is 7.19. The molecule has 1 unspecified atom stereocenters. The third kappa shape index (κ3) is 5.36. The maximum Gasteiger partial charge on any atom is 0.224 e. The van der Waals surface area contributed by atoms with E-state index in [0.29, 0.717) is 17.7 Å². The van der Waals surface area contributed by atoms with Gasteiger partial charge in [-0.2, -0.15) is 0 Å². The molecule has 0 heterocycles. The number of hydrogen-bond acceptors (Lipinski definition) is 4. The molecule has 0 aliphatic carbocycles. The van der Waals surface area contributed by atoms with Gasteiger partial charge < -0.3 is 20.8 Å². The Balaban J connectivity index is 2.83. The van der Waals surface area contributed by atoms with Crippen LogP contribution in [0.4, 0.5) is 5.69 Å². The number of nitrogens with one attached hydrogen (secondary N) is 2. The number of benzene rings is 1. The molecule has 1 amide bonds. The number of rotatable bonds is 8. The van der Waals surface area contributed by atoms with Crippen LogP contribution in [0.5, 0.6) is 5.75 Å². The van der Waals surface area contributed by atoms with Crippen molar-refractivity contribution in [3.8, 4) is 5.75 Å². The molecule has 2 atom stereocenters. The molecule has 0 aliphatic rings. The Morgan fingerprint density at radius 2 is 2.05 bits per heavy atom. The van der Waals surface area contributed by atoms with Gasteiger partial charge in [0, 0.05) is 29.8 Å². The number of phenols is 1. The van der Waals surface area contributed by atoms with Crippen molar-refractivity contribution in [1.82, 2.24) is 5.32 Å². The van der Waals surface area contributed by atoms with Crippen molar-refractivity contribution in [2.45, 2.75) is 52.1 Å². The van der Waals surface area contributed by atoms with Gasteiger partial charge >= 0.3 is 0 Å². The number of aliphatic hydroxyl groups excluding tert-OH is 1. The van der Waals surface area contributed by atoms with Crippen LogP contribution in [-0.4, -0.2) is 28.8 Å². The van der Waals surface area contributed by atoms with E-state index >= 15 is 0 Å². The van der Waals surface area contributed by atoms with Crippen molar-refractivity contribution < 1.29 is 15.0 Å².